The first-order valence-corrected chi connectivity index (χ1v) is 7.83. The molecule has 0 spiro atoms. The van der Waals surface area contributed by atoms with E-state index in [4.69, 9.17) is 0 Å². The molecule has 5 heteroatoms. The summed E-state index contributed by atoms with van der Waals surface area (Å²) in [5.74, 6) is -0.126. The van der Waals surface area contributed by atoms with Crippen LogP contribution < -0.4 is 5.32 Å². The van der Waals surface area contributed by atoms with E-state index in [9.17, 15) is 14.7 Å². The monoisotopic (exact) mass is 282 g/mol. The van der Waals surface area contributed by atoms with Crippen LogP contribution in [0.5, 0.6) is 0 Å². The number of aliphatic carboxylic acids is 1. The van der Waals surface area contributed by atoms with E-state index in [0.29, 0.717) is 31.8 Å². The zero-order chi connectivity index (χ0) is 14.6. The molecule has 1 saturated heterocycles. The van der Waals surface area contributed by atoms with Crippen molar-refractivity contribution in [1.82, 2.24) is 10.2 Å². The molecule has 2 fully saturated rings. The Balaban J connectivity index is 1.90. The molecule has 5 nitrogen and oxygen atoms in total. The molecule has 0 aromatic rings. The van der Waals surface area contributed by atoms with Crippen LogP contribution in [0.2, 0.25) is 0 Å². The molecule has 2 rings (SSSR count). The lowest BCUT2D eigenvalue weighted by atomic mass is 9.76. The number of carbonyl (C=O) groups is 2. The van der Waals surface area contributed by atoms with Gasteiger partial charge in [0, 0.05) is 19.6 Å². The van der Waals surface area contributed by atoms with Crippen LogP contribution in [0.4, 0.5) is 4.79 Å². The van der Waals surface area contributed by atoms with E-state index in [1.807, 2.05) is 6.92 Å². The van der Waals surface area contributed by atoms with Crippen LogP contribution in [0.15, 0.2) is 0 Å². The van der Waals surface area contributed by atoms with Gasteiger partial charge in [0.1, 0.15) is 0 Å². The number of carboxylic acid groups (broad SMARTS) is 1. The van der Waals surface area contributed by atoms with Crippen LogP contribution in [-0.4, -0.2) is 41.6 Å². The molecule has 1 atom stereocenters. The van der Waals surface area contributed by atoms with Crippen LogP contribution in [0.1, 0.15) is 51.9 Å². The molecular formula is C15H26N2O3. The van der Waals surface area contributed by atoms with E-state index in [2.05, 4.69) is 5.32 Å². The van der Waals surface area contributed by atoms with E-state index in [1.54, 1.807) is 4.90 Å². The fourth-order valence-corrected chi connectivity index (χ4v) is 3.31. The largest absolute Gasteiger partial charge is 0.481 e. The summed E-state index contributed by atoms with van der Waals surface area (Å²) in [5, 5.41) is 12.5. The first kappa shape index (κ1) is 15.1. The van der Waals surface area contributed by atoms with Gasteiger partial charge in [-0.1, -0.05) is 19.8 Å². The average Bonchev–Trinajstić information content (AvgIpc) is 2.37. The Kier molecular flexibility index (Phi) is 4.89. The van der Waals surface area contributed by atoms with Crippen molar-refractivity contribution in [2.24, 2.45) is 11.3 Å². The molecule has 2 N–H and O–H groups in total. The second kappa shape index (κ2) is 6.46. The first-order valence-electron chi connectivity index (χ1n) is 7.83. The van der Waals surface area contributed by atoms with Gasteiger partial charge in [-0.15, -0.1) is 0 Å². The van der Waals surface area contributed by atoms with Crippen molar-refractivity contribution in [3.8, 4) is 0 Å². The van der Waals surface area contributed by atoms with Crippen molar-refractivity contribution in [2.45, 2.75) is 51.9 Å². The summed E-state index contributed by atoms with van der Waals surface area (Å²) >= 11 is 0. The number of carbonyl (C=O) groups excluding carboxylic acids is 1. The maximum Gasteiger partial charge on any atom is 0.317 e. The number of urea groups is 1. The highest BCUT2D eigenvalue weighted by Gasteiger charge is 2.42. The van der Waals surface area contributed by atoms with Gasteiger partial charge in [0.15, 0.2) is 0 Å². The third-order valence-corrected chi connectivity index (χ3v) is 4.81. The smallest absolute Gasteiger partial charge is 0.317 e. The third-order valence-electron chi connectivity index (χ3n) is 4.81. The lowest BCUT2D eigenvalue weighted by Crippen LogP contribution is -2.53. The maximum absolute atomic E-state index is 12.2. The highest BCUT2D eigenvalue weighted by Crippen LogP contribution is 2.35. The van der Waals surface area contributed by atoms with Gasteiger partial charge >= 0.3 is 12.0 Å². The summed E-state index contributed by atoms with van der Waals surface area (Å²) in [6.07, 6.45) is 6.62. The van der Waals surface area contributed by atoms with Crippen molar-refractivity contribution in [1.29, 1.82) is 0 Å². The molecule has 0 aromatic carbocycles. The number of carboxylic acids is 1. The van der Waals surface area contributed by atoms with Gasteiger partial charge in [-0.3, -0.25) is 4.79 Å². The van der Waals surface area contributed by atoms with Gasteiger partial charge in [-0.2, -0.15) is 0 Å². The van der Waals surface area contributed by atoms with E-state index >= 15 is 0 Å². The highest BCUT2D eigenvalue weighted by molar-refractivity contribution is 5.78. The van der Waals surface area contributed by atoms with Crippen LogP contribution in [0.25, 0.3) is 0 Å². The minimum atomic E-state index is -0.754. The zero-order valence-corrected chi connectivity index (χ0v) is 12.4. The Bertz CT molecular complexity index is 364. The molecular weight excluding hydrogens is 256 g/mol. The minimum absolute atomic E-state index is 0.0849. The van der Waals surface area contributed by atoms with Crippen LogP contribution in [0.3, 0.4) is 0 Å². The third kappa shape index (κ3) is 3.25. The number of amides is 2. The van der Waals surface area contributed by atoms with Gasteiger partial charge < -0.3 is 15.3 Å². The van der Waals surface area contributed by atoms with Crippen molar-refractivity contribution >= 4 is 12.0 Å². The van der Waals surface area contributed by atoms with E-state index < -0.39 is 11.4 Å². The van der Waals surface area contributed by atoms with Crippen LogP contribution in [0, 0.1) is 11.3 Å². The second-order valence-electron chi connectivity index (χ2n) is 6.34. The molecule has 0 bridgehead atoms. The molecule has 1 heterocycles. The Morgan fingerprint density at radius 1 is 1.35 bits per heavy atom. The quantitative estimate of drug-likeness (QED) is 0.814. The van der Waals surface area contributed by atoms with Crippen molar-refractivity contribution < 1.29 is 14.7 Å². The summed E-state index contributed by atoms with van der Waals surface area (Å²) in [7, 11) is 0. The summed E-state index contributed by atoms with van der Waals surface area (Å²) < 4.78 is 0. The molecule has 20 heavy (non-hydrogen) atoms. The van der Waals surface area contributed by atoms with Crippen molar-refractivity contribution in [3.63, 3.8) is 0 Å². The van der Waals surface area contributed by atoms with Crippen LogP contribution in [-0.2, 0) is 4.79 Å². The molecule has 114 valence electrons. The lowest BCUT2D eigenvalue weighted by Gasteiger charge is -2.40. The number of piperidine rings is 1. The fourth-order valence-electron chi connectivity index (χ4n) is 3.31. The molecule has 1 saturated carbocycles. The number of hydrogen-bond acceptors (Lipinski definition) is 2. The SMILES string of the molecule is CCCC1(C(=O)O)CCCN(C(=O)NCC2CCC2)C1. The molecule has 1 aliphatic carbocycles. The summed E-state index contributed by atoms with van der Waals surface area (Å²) in [6.45, 7) is 3.77. The summed E-state index contributed by atoms with van der Waals surface area (Å²) in [6, 6.07) is -0.0849. The predicted octanol–water partition coefficient (Wildman–Crippen LogP) is 2.46. The molecule has 1 unspecified atom stereocenters. The topological polar surface area (TPSA) is 69.6 Å². The van der Waals surface area contributed by atoms with Gasteiger partial charge in [0.25, 0.3) is 0 Å². The standard InChI is InChI=1S/C15H26N2O3/c1-2-7-15(13(18)19)8-4-9-17(11-15)14(20)16-10-12-5-3-6-12/h12H,2-11H2,1H3,(H,16,20)(H,18,19). The second-order valence-corrected chi connectivity index (χ2v) is 6.34. The van der Waals surface area contributed by atoms with Gasteiger partial charge in [0.05, 0.1) is 5.41 Å². The molecule has 0 aromatic heterocycles. The number of hydrogen-bond donors (Lipinski definition) is 2. The zero-order valence-electron chi connectivity index (χ0n) is 12.4. The van der Waals surface area contributed by atoms with E-state index in [0.717, 1.165) is 19.4 Å². The van der Waals surface area contributed by atoms with Gasteiger partial charge in [-0.25, -0.2) is 4.79 Å². The molecule has 2 amide bonds. The predicted molar refractivity (Wildman–Crippen MR) is 76.5 cm³/mol. The first-order chi connectivity index (χ1) is 9.57. The Labute approximate surface area is 120 Å². The van der Waals surface area contributed by atoms with E-state index in [1.165, 1.54) is 19.3 Å². The van der Waals surface area contributed by atoms with Gasteiger partial charge in [-0.05, 0) is 38.0 Å². The summed E-state index contributed by atoms with van der Waals surface area (Å²) in [4.78, 5) is 25.5. The highest BCUT2D eigenvalue weighted by atomic mass is 16.4. The van der Waals surface area contributed by atoms with E-state index in [-0.39, 0.29) is 6.03 Å². The lowest BCUT2D eigenvalue weighted by molar-refractivity contribution is -0.152. The molecule has 2 aliphatic rings. The number of likely N-dealkylation sites (tertiary alicyclic amines) is 1. The number of rotatable bonds is 5. The average molecular weight is 282 g/mol. The molecule has 0 radical (unpaired) electrons. The minimum Gasteiger partial charge on any atom is -0.481 e. The fraction of sp³-hybridized carbons (Fsp3) is 0.867. The summed E-state index contributed by atoms with van der Waals surface area (Å²) in [5.41, 5.74) is -0.735. The normalized spacial score (nSPS) is 26.9. The Morgan fingerprint density at radius 3 is 2.65 bits per heavy atom. The van der Waals surface area contributed by atoms with Gasteiger partial charge in [0.2, 0.25) is 0 Å². The Morgan fingerprint density at radius 2 is 2.10 bits per heavy atom. The maximum atomic E-state index is 12.2. The van der Waals surface area contributed by atoms with Crippen molar-refractivity contribution in [2.75, 3.05) is 19.6 Å². The van der Waals surface area contributed by atoms with Crippen molar-refractivity contribution in [3.05, 3.63) is 0 Å². The molecule has 1 aliphatic heterocycles. The van der Waals surface area contributed by atoms with Crippen LogP contribution >= 0.6 is 0 Å². The number of nitrogens with one attached hydrogen (secondary N) is 1. The Hall–Kier alpha value is -1.26. The number of nitrogens with zero attached hydrogens (tertiary/aromatic N) is 1.